The highest BCUT2D eigenvalue weighted by Gasteiger charge is 2.18. The van der Waals surface area contributed by atoms with E-state index >= 15 is 0 Å². The second kappa shape index (κ2) is 5.53. The van der Waals surface area contributed by atoms with Gasteiger partial charge in [0.2, 0.25) is 5.82 Å². The zero-order valence-corrected chi connectivity index (χ0v) is 11.9. The smallest absolute Gasteiger partial charge is 0.258 e. The van der Waals surface area contributed by atoms with Crippen LogP contribution in [0.5, 0.6) is 0 Å². The lowest BCUT2D eigenvalue weighted by atomic mass is 10.00. The fourth-order valence-corrected chi connectivity index (χ4v) is 2.39. The number of aryl methyl sites for hydroxylation is 3. The second-order valence-electron chi connectivity index (χ2n) is 5.04. The van der Waals surface area contributed by atoms with Crippen LogP contribution in [-0.2, 0) is 0 Å². The number of aliphatic hydroxyl groups is 1. The van der Waals surface area contributed by atoms with Crippen LogP contribution in [0.2, 0.25) is 0 Å². The molecule has 0 spiro atoms. The molecule has 1 atom stereocenters. The first-order valence-electron chi connectivity index (χ1n) is 6.62. The Labute approximate surface area is 113 Å². The van der Waals surface area contributed by atoms with Crippen molar-refractivity contribution < 1.29 is 9.63 Å². The summed E-state index contributed by atoms with van der Waals surface area (Å²) in [4.78, 5) is 4.32. The molecule has 0 saturated carbocycles. The predicted octanol–water partition coefficient (Wildman–Crippen LogP) is 3.50. The molecule has 0 saturated heterocycles. The molecule has 1 aromatic carbocycles. The summed E-state index contributed by atoms with van der Waals surface area (Å²) in [6, 6.07) is 4.18. The molecule has 0 aliphatic heterocycles. The molecule has 4 nitrogen and oxygen atoms in total. The van der Waals surface area contributed by atoms with Gasteiger partial charge in [-0.1, -0.05) is 36.2 Å². The van der Waals surface area contributed by atoms with Gasteiger partial charge in [0, 0.05) is 5.56 Å². The van der Waals surface area contributed by atoms with E-state index in [2.05, 4.69) is 29.2 Å². The van der Waals surface area contributed by atoms with Gasteiger partial charge in [0.15, 0.2) is 0 Å². The lowest BCUT2D eigenvalue weighted by molar-refractivity contribution is 0.153. The number of aromatic nitrogens is 2. The molecule has 4 heteroatoms. The normalized spacial score (nSPS) is 12.7. The third-order valence-corrected chi connectivity index (χ3v) is 3.19. The number of aliphatic hydroxyl groups excluding tert-OH is 1. The maximum atomic E-state index is 9.88. The number of rotatable bonds is 4. The highest BCUT2D eigenvalue weighted by molar-refractivity contribution is 5.63. The van der Waals surface area contributed by atoms with Gasteiger partial charge in [-0.3, -0.25) is 0 Å². The van der Waals surface area contributed by atoms with Crippen LogP contribution in [0.15, 0.2) is 16.7 Å². The molecule has 19 heavy (non-hydrogen) atoms. The van der Waals surface area contributed by atoms with Gasteiger partial charge < -0.3 is 9.63 Å². The number of hydrogen-bond donors (Lipinski definition) is 1. The molecule has 1 heterocycles. The van der Waals surface area contributed by atoms with Gasteiger partial charge in [-0.2, -0.15) is 4.98 Å². The monoisotopic (exact) mass is 260 g/mol. The molecule has 2 rings (SSSR count). The van der Waals surface area contributed by atoms with Crippen molar-refractivity contribution in [2.24, 2.45) is 0 Å². The highest BCUT2D eigenvalue weighted by atomic mass is 16.5. The van der Waals surface area contributed by atoms with E-state index in [4.69, 9.17) is 4.52 Å². The first kappa shape index (κ1) is 13.7. The Kier molecular flexibility index (Phi) is 4.00. The molecule has 2 aromatic rings. The largest absolute Gasteiger partial charge is 0.385 e. The minimum Gasteiger partial charge on any atom is -0.385 e. The molecular weight excluding hydrogens is 240 g/mol. The number of nitrogens with zero attached hydrogens (tertiary/aromatic N) is 2. The van der Waals surface area contributed by atoms with Crippen molar-refractivity contribution in [1.82, 2.24) is 10.1 Å². The van der Waals surface area contributed by atoms with E-state index < -0.39 is 6.10 Å². The first-order valence-corrected chi connectivity index (χ1v) is 6.62. The fourth-order valence-electron chi connectivity index (χ4n) is 2.39. The summed E-state index contributed by atoms with van der Waals surface area (Å²) in [6.07, 6.45) is 0.881. The van der Waals surface area contributed by atoms with E-state index in [0.717, 1.165) is 23.1 Å². The Balaban J connectivity index is 2.38. The van der Waals surface area contributed by atoms with E-state index in [1.165, 1.54) is 5.56 Å². The summed E-state index contributed by atoms with van der Waals surface area (Å²) < 4.78 is 5.30. The Morgan fingerprint density at radius 2 is 1.84 bits per heavy atom. The van der Waals surface area contributed by atoms with Crippen molar-refractivity contribution in [3.05, 3.63) is 34.6 Å². The van der Waals surface area contributed by atoms with Gasteiger partial charge in [-0.15, -0.1) is 0 Å². The Morgan fingerprint density at radius 1 is 1.21 bits per heavy atom. The SMILES string of the molecule is CCCC(O)c1noc(-c2c(C)cc(C)cc2C)n1. The van der Waals surface area contributed by atoms with E-state index in [0.29, 0.717) is 18.1 Å². The van der Waals surface area contributed by atoms with Crippen molar-refractivity contribution in [2.45, 2.75) is 46.6 Å². The maximum Gasteiger partial charge on any atom is 0.258 e. The van der Waals surface area contributed by atoms with Gasteiger partial charge in [0.25, 0.3) is 5.89 Å². The van der Waals surface area contributed by atoms with Gasteiger partial charge >= 0.3 is 0 Å². The standard InChI is InChI=1S/C15H20N2O2/c1-5-6-12(18)14-16-15(19-17-14)13-10(3)7-9(2)8-11(13)4/h7-8,12,18H,5-6H2,1-4H3. The van der Waals surface area contributed by atoms with Gasteiger partial charge in [-0.05, 0) is 38.3 Å². The molecule has 0 aliphatic carbocycles. The van der Waals surface area contributed by atoms with E-state index in [1.807, 2.05) is 20.8 Å². The van der Waals surface area contributed by atoms with Gasteiger partial charge in [0.05, 0.1) is 0 Å². The van der Waals surface area contributed by atoms with Crippen molar-refractivity contribution in [2.75, 3.05) is 0 Å². The third kappa shape index (κ3) is 2.84. The quantitative estimate of drug-likeness (QED) is 0.914. The molecule has 1 N–H and O–H groups in total. The molecule has 0 amide bonds. The summed E-state index contributed by atoms with van der Waals surface area (Å²) in [7, 11) is 0. The van der Waals surface area contributed by atoms with E-state index in [9.17, 15) is 5.11 Å². The van der Waals surface area contributed by atoms with Gasteiger partial charge in [0.1, 0.15) is 6.10 Å². The summed E-state index contributed by atoms with van der Waals surface area (Å²) >= 11 is 0. The van der Waals surface area contributed by atoms with Crippen molar-refractivity contribution >= 4 is 0 Å². The maximum absolute atomic E-state index is 9.88. The minimum absolute atomic E-state index is 0.372. The van der Waals surface area contributed by atoms with Crippen LogP contribution in [-0.4, -0.2) is 15.2 Å². The Hall–Kier alpha value is -1.68. The Bertz CT molecular complexity index is 552. The predicted molar refractivity (Wildman–Crippen MR) is 73.8 cm³/mol. The molecule has 102 valence electrons. The average Bonchev–Trinajstić information content (AvgIpc) is 2.77. The number of benzene rings is 1. The summed E-state index contributed by atoms with van der Waals surface area (Å²) in [6.45, 7) is 8.13. The van der Waals surface area contributed by atoms with Gasteiger partial charge in [-0.25, -0.2) is 0 Å². The second-order valence-corrected chi connectivity index (χ2v) is 5.04. The van der Waals surface area contributed by atoms with Crippen LogP contribution in [0, 0.1) is 20.8 Å². The summed E-state index contributed by atoms with van der Waals surface area (Å²) in [5.41, 5.74) is 4.40. The van der Waals surface area contributed by atoms with E-state index in [-0.39, 0.29) is 0 Å². The van der Waals surface area contributed by atoms with Crippen LogP contribution in [0.25, 0.3) is 11.5 Å². The van der Waals surface area contributed by atoms with Crippen LogP contribution >= 0.6 is 0 Å². The van der Waals surface area contributed by atoms with Crippen LogP contribution in [0.4, 0.5) is 0 Å². The van der Waals surface area contributed by atoms with Crippen LogP contribution in [0.1, 0.15) is 48.4 Å². The minimum atomic E-state index is -0.645. The highest BCUT2D eigenvalue weighted by Crippen LogP contribution is 2.28. The topological polar surface area (TPSA) is 59.2 Å². The first-order chi connectivity index (χ1) is 9.02. The molecule has 0 fully saturated rings. The summed E-state index contributed by atoms with van der Waals surface area (Å²) in [5.74, 6) is 0.858. The number of hydrogen-bond acceptors (Lipinski definition) is 4. The van der Waals surface area contributed by atoms with Crippen LogP contribution < -0.4 is 0 Å². The molecular formula is C15H20N2O2. The zero-order chi connectivity index (χ0) is 14.0. The lowest BCUT2D eigenvalue weighted by Crippen LogP contribution is -1.99. The van der Waals surface area contributed by atoms with Crippen LogP contribution in [0.3, 0.4) is 0 Å². The fraction of sp³-hybridized carbons (Fsp3) is 0.467. The summed E-state index contributed by atoms with van der Waals surface area (Å²) in [5, 5.41) is 13.8. The van der Waals surface area contributed by atoms with E-state index in [1.54, 1.807) is 0 Å². The molecule has 0 radical (unpaired) electrons. The third-order valence-electron chi connectivity index (χ3n) is 3.19. The van der Waals surface area contributed by atoms with Crippen molar-refractivity contribution in [3.8, 4) is 11.5 Å². The lowest BCUT2D eigenvalue weighted by Gasteiger charge is -2.06. The zero-order valence-electron chi connectivity index (χ0n) is 11.9. The molecule has 1 aromatic heterocycles. The molecule has 0 bridgehead atoms. The Morgan fingerprint density at radius 3 is 2.42 bits per heavy atom. The molecule has 0 aliphatic rings. The average molecular weight is 260 g/mol. The van der Waals surface area contributed by atoms with Crippen molar-refractivity contribution in [3.63, 3.8) is 0 Å². The van der Waals surface area contributed by atoms with Crippen molar-refractivity contribution in [1.29, 1.82) is 0 Å². The molecule has 1 unspecified atom stereocenters.